The fraction of sp³-hybridized carbons (Fsp3) is 0.462. The number of aliphatic hydroxyl groups is 1. The molecule has 1 atom stereocenters. The molecule has 4 N–H and O–H groups in total. The number of phenols is 2. The molecular formula is C13H19NO4. The normalized spacial score (nSPS) is 13.9. The zero-order valence-corrected chi connectivity index (χ0v) is 10.6. The second kappa shape index (κ2) is 5.73. The number of hydrogen-bond acceptors (Lipinski definition) is 4. The molecule has 0 fully saturated rings. The van der Waals surface area contributed by atoms with Gasteiger partial charge in [-0.1, -0.05) is 19.4 Å². The first-order chi connectivity index (χ1) is 8.37. The second-order valence-electron chi connectivity index (χ2n) is 4.60. The monoisotopic (exact) mass is 253 g/mol. The first-order valence-electron chi connectivity index (χ1n) is 5.89. The first-order valence-corrected chi connectivity index (χ1v) is 5.89. The number of amides is 1. The highest BCUT2D eigenvalue weighted by Gasteiger charge is 2.21. The average Bonchev–Trinajstić information content (AvgIpc) is 2.30. The van der Waals surface area contributed by atoms with E-state index in [2.05, 4.69) is 5.32 Å². The van der Waals surface area contributed by atoms with Gasteiger partial charge in [0.15, 0.2) is 11.5 Å². The fourth-order valence-corrected chi connectivity index (χ4v) is 1.71. The summed E-state index contributed by atoms with van der Waals surface area (Å²) in [5.74, 6) is -1.33. The highest BCUT2D eigenvalue weighted by Crippen LogP contribution is 2.28. The van der Waals surface area contributed by atoms with E-state index in [4.69, 9.17) is 0 Å². The molecule has 0 heterocycles. The third kappa shape index (κ3) is 3.63. The van der Waals surface area contributed by atoms with Crippen LogP contribution in [0.25, 0.3) is 0 Å². The number of rotatable bonds is 5. The van der Waals surface area contributed by atoms with Crippen LogP contribution in [0.4, 0.5) is 0 Å². The standard InChI is InChI=1S/C13H19NO4/c1-3-7-13(2,18)8-14-12(17)9-5-4-6-10(15)11(9)16/h4-6,15-16,18H,3,7-8H2,1-2H3,(H,14,17). The van der Waals surface area contributed by atoms with Crippen LogP contribution in [-0.2, 0) is 0 Å². The van der Waals surface area contributed by atoms with Crippen molar-refractivity contribution in [2.75, 3.05) is 6.54 Å². The van der Waals surface area contributed by atoms with Crippen molar-refractivity contribution in [1.82, 2.24) is 5.32 Å². The molecule has 0 aromatic heterocycles. The lowest BCUT2D eigenvalue weighted by molar-refractivity contribution is 0.0469. The number of phenolic OH excluding ortho intramolecular Hbond substituents is 2. The Bertz CT molecular complexity index is 429. The van der Waals surface area contributed by atoms with Crippen LogP contribution in [0, 0.1) is 0 Å². The lowest BCUT2D eigenvalue weighted by Crippen LogP contribution is -2.40. The second-order valence-corrected chi connectivity index (χ2v) is 4.60. The number of para-hydroxylation sites is 1. The molecule has 0 saturated heterocycles. The molecule has 0 saturated carbocycles. The number of carbonyl (C=O) groups excluding carboxylic acids is 1. The van der Waals surface area contributed by atoms with E-state index in [0.29, 0.717) is 6.42 Å². The van der Waals surface area contributed by atoms with Crippen molar-refractivity contribution in [3.63, 3.8) is 0 Å². The van der Waals surface area contributed by atoms with Gasteiger partial charge in [0.2, 0.25) is 0 Å². The molecule has 1 rings (SSSR count). The Morgan fingerprint density at radius 3 is 2.67 bits per heavy atom. The van der Waals surface area contributed by atoms with Crippen LogP contribution in [-0.4, -0.2) is 33.4 Å². The summed E-state index contributed by atoms with van der Waals surface area (Å²) in [5, 5.41) is 31.2. The van der Waals surface area contributed by atoms with E-state index in [1.54, 1.807) is 6.92 Å². The van der Waals surface area contributed by atoms with E-state index in [1.165, 1.54) is 18.2 Å². The minimum absolute atomic E-state index is 0.0118. The largest absolute Gasteiger partial charge is 0.504 e. The first kappa shape index (κ1) is 14.3. The molecule has 5 heteroatoms. The van der Waals surface area contributed by atoms with Gasteiger partial charge in [0.1, 0.15) is 0 Å². The maximum absolute atomic E-state index is 11.8. The Labute approximate surface area is 106 Å². The zero-order valence-electron chi connectivity index (χ0n) is 10.6. The van der Waals surface area contributed by atoms with Gasteiger partial charge >= 0.3 is 0 Å². The van der Waals surface area contributed by atoms with Crippen LogP contribution in [0.5, 0.6) is 11.5 Å². The van der Waals surface area contributed by atoms with Crippen molar-refractivity contribution in [2.24, 2.45) is 0 Å². The topological polar surface area (TPSA) is 89.8 Å². The SMILES string of the molecule is CCCC(C)(O)CNC(=O)c1cccc(O)c1O. The van der Waals surface area contributed by atoms with Gasteiger partial charge in [0, 0.05) is 6.54 Å². The van der Waals surface area contributed by atoms with Crippen molar-refractivity contribution in [3.8, 4) is 11.5 Å². The molecule has 1 aromatic carbocycles. The van der Waals surface area contributed by atoms with Gasteiger partial charge in [-0.3, -0.25) is 4.79 Å². The minimum Gasteiger partial charge on any atom is -0.504 e. The Hall–Kier alpha value is -1.75. The quantitative estimate of drug-likeness (QED) is 0.597. The fourth-order valence-electron chi connectivity index (χ4n) is 1.71. The molecule has 0 aliphatic rings. The van der Waals surface area contributed by atoms with E-state index in [-0.39, 0.29) is 17.9 Å². The molecule has 1 unspecified atom stereocenters. The molecule has 100 valence electrons. The van der Waals surface area contributed by atoms with E-state index >= 15 is 0 Å². The third-order valence-corrected chi connectivity index (χ3v) is 2.68. The number of aromatic hydroxyl groups is 2. The van der Waals surface area contributed by atoms with Crippen LogP contribution in [0.2, 0.25) is 0 Å². The van der Waals surface area contributed by atoms with E-state index in [1.807, 2.05) is 6.92 Å². The van der Waals surface area contributed by atoms with Gasteiger partial charge in [-0.25, -0.2) is 0 Å². The minimum atomic E-state index is -0.975. The number of benzene rings is 1. The Morgan fingerprint density at radius 2 is 2.06 bits per heavy atom. The molecule has 0 radical (unpaired) electrons. The number of hydrogen-bond donors (Lipinski definition) is 4. The molecule has 0 bridgehead atoms. The molecule has 0 aliphatic heterocycles. The maximum atomic E-state index is 11.8. The van der Waals surface area contributed by atoms with Crippen LogP contribution < -0.4 is 5.32 Å². The van der Waals surface area contributed by atoms with Gasteiger partial charge in [0.05, 0.1) is 11.2 Å². The van der Waals surface area contributed by atoms with Gasteiger partial charge < -0.3 is 20.6 Å². The maximum Gasteiger partial charge on any atom is 0.255 e. The van der Waals surface area contributed by atoms with Crippen LogP contribution in [0.15, 0.2) is 18.2 Å². The lowest BCUT2D eigenvalue weighted by atomic mass is 10.0. The summed E-state index contributed by atoms with van der Waals surface area (Å²) in [4.78, 5) is 11.8. The molecule has 0 aliphatic carbocycles. The van der Waals surface area contributed by atoms with Gasteiger partial charge in [-0.2, -0.15) is 0 Å². The van der Waals surface area contributed by atoms with Gasteiger partial charge in [-0.15, -0.1) is 0 Å². The predicted molar refractivity (Wildman–Crippen MR) is 67.6 cm³/mol. The highest BCUT2D eigenvalue weighted by molar-refractivity contribution is 5.97. The zero-order chi connectivity index (χ0) is 13.8. The predicted octanol–water partition coefficient (Wildman–Crippen LogP) is 1.38. The summed E-state index contributed by atoms with van der Waals surface area (Å²) in [6, 6.07) is 4.16. The summed E-state index contributed by atoms with van der Waals surface area (Å²) in [5.41, 5.74) is -0.987. The summed E-state index contributed by atoms with van der Waals surface area (Å²) in [6.45, 7) is 3.67. The Morgan fingerprint density at radius 1 is 1.39 bits per heavy atom. The number of carbonyl (C=O) groups is 1. The van der Waals surface area contributed by atoms with Crippen molar-refractivity contribution in [1.29, 1.82) is 0 Å². The summed E-state index contributed by atoms with van der Waals surface area (Å²) < 4.78 is 0. The Kier molecular flexibility index (Phi) is 4.55. The smallest absolute Gasteiger partial charge is 0.255 e. The highest BCUT2D eigenvalue weighted by atomic mass is 16.3. The summed E-state index contributed by atoms with van der Waals surface area (Å²) in [7, 11) is 0. The summed E-state index contributed by atoms with van der Waals surface area (Å²) >= 11 is 0. The van der Waals surface area contributed by atoms with E-state index < -0.39 is 17.3 Å². The van der Waals surface area contributed by atoms with E-state index in [9.17, 15) is 20.1 Å². The van der Waals surface area contributed by atoms with Crippen molar-refractivity contribution < 1.29 is 20.1 Å². The average molecular weight is 253 g/mol. The Balaban J connectivity index is 2.69. The van der Waals surface area contributed by atoms with Gasteiger partial charge in [-0.05, 0) is 25.5 Å². The van der Waals surface area contributed by atoms with Crippen molar-refractivity contribution >= 4 is 5.91 Å². The molecule has 1 aromatic rings. The van der Waals surface area contributed by atoms with Crippen molar-refractivity contribution in [2.45, 2.75) is 32.3 Å². The third-order valence-electron chi connectivity index (χ3n) is 2.68. The molecule has 5 nitrogen and oxygen atoms in total. The molecule has 1 amide bonds. The molecular weight excluding hydrogens is 234 g/mol. The molecule has 0 spiro atoms. The van der Waals surface area contributed by atoms with E-state index in [0.717, 1.165) is 6.42 Å². The lowest BCUT2D eigenvalue weighted by Gasteiger charge is -2.23. The van der Waals surface area contributed by atoms with Crippen LogP contribution >= 0.6 is 0 Å². The van der Waals surface area contributed by atoms with Crippen LogP contribution in [0.1, 0.15) is 37.0 Å². The number of nitrogens with one attached hydrogen (secondary N) is 1. The summed E-state index contributed by atoms with van der Waals surface area (Å²) in [6.07, 6.45) is 1.37. The van der Waals surface area contributed by atoms with Crippen molar-refractivity contribution in [3.05, 3.63) is 23.8 Å². The van der Waals surface area contributed by atoms with Crippen LogP contribution in [0.3, 0.4) is 0 Å². The van der Waals surface area contributed by atoms with Gasteiger partial charge in [0.25, 0.3) is 5.91 Å². The molecule has 18 heavy (non-hydrogen) atoms.